The Balaban J connectivity index is 1.61. The lowest BCUT2D eigenvalue weighted by molar-refractivity contribution is -0.119. The average Bonchev–Trinajstić information content (AvgIpc) is 3.53. The van der Waals surface area contributed by atoms with E-state index in [1.165, 1.54) is 65.5 Å². The highest BCUT2D eigenvalue weighted by Gasteiger charge is 2.31. The van der Waals surface area contributed by atoms with E-state index >= 15 is 0 Å². The van der Waals surface area contributed by atoms with Gasteiger partial charge < -0.3 is 29.2 Å². The molecule has 1 aliphatic heterocycles. The van der Waals surface area contributed by atoms with Crippen LogP contribution in [0.4, 0.5) is 11.4 Å². The van der Waals surface area contributed by atoms with Gasteiger partial charge in [0.05, 0.1) is 39.0 Å². The maximum atomic E-state index is 14.0. The first-order valence-corrected chi connectivity index (χ1v) is 14.3. The molecule has 1 amide bonds. The minimum absolute atomic E-state index is 0.0830. The van der Waals surface area contributed by atoms with Gasteiger partial charge in [0.15, 0.2) is 11.5 Å². The molecule has 0 atom stereocenters. The summed E-state index contributed by atoms with van der Waals surface area (Å²) in [4.78, 5) is 15.4. The van der Waals surface area contributed by atoms with Gasteiger partial charge in [-0.15, -0.1) is 0 Å². The lowest BCUT2D eigenvalue weighted by atomic mass is 10.2. The molecule has 0 bridgehead atoms. The predicted molar refractivity (Wildman–Crippen MR) is 153 cm³/mol. The predicted octanol–water partition coefficient (Wildman–Crippen LogP) is 3.83. The van der Waals surface area contributed by atoms with E-state index < -0.39 is 22.5 Å². The Morgan fingerprint density at radius 2 is 1.48 bits per heavy atom. The van der Waals surface area contributed by atoms with Gasteiger partial charge in [0, 0.05) is 37.5 Å². The molecule has 3 aromatic carbocycles. The summed E-state index contributed by atoms with van der Waals surface area (Å²) in [5, 5.41) is 2.84. The molecule has 10 nitrogen and oxygen atoms in total. The van der Waals surface area contributed by atoms with E-state index in [0.717, 1.165) is 28.6 Å². The summed E-state index contributed by atoms with van der Waals surface area (Å²) in [6.07, 6.45) is 2.39. The number of nitrogens with one attached hydrogen (secondary N) is 1. The molecule has 4 rings (SSSR count). The first-order chi connectivity index (χ1) is 19.3. The van der Waals surface area contributed by atoms with E-state index in [1.807, 2.05) is 24.3 Å². The summed E-state index contributed by atoms with van der Waals surface area (Å²) in [5.74, 6) is 0.790. The van der Waals surface area contributed by atoms with Gasteiger partial charge in [-0.25, -0.2) is 8.42 Å². The minimum atomic E-state index is -4.27. The average molecular weight is 570 g/mol. The van der Waals surface area contributed by atoms with E-state index in [0.29, 0.717) is 11.5 Å². The largest absolute Gasteiger partial charge is 0.497 e. The van der Waals surface area contributed by atoms with E-state index in [9.17, 15) is 13.2 Å². The van der Waals surface area contributed by atoms with Crippen LogP contribution in [-0.4, -0.2) is 62.4 Å². The number of methoxy groups -OCH3 is 4. The third-order valence-corrected chi connectivity index (χ3v) is 8.54. The zero-order valence-electron chi connectivity index (χ0n) is 23.2. The van der Waals surface area contributed by atoms with Gasteiger partial charge in [-0.3, -0.25) is 9.10 Å². The van der Waals surface area contributed by atoms with Crippen molar-refractivity contribution in [1.29, 1.82) is 0 Å². The topological polar surface area (TPSA) is 107 Å². The molecule has 40 heavy (non-hydrogen) atoms. The van der Waals surface area contributed by atoms with Crippen molar-refractivity contribution >= 4 is 27.3 Å². The molecule has 1 saturated heterocycles. The standard InChI is InChI=1S/C29H35N3O7S/c1-36-23-11-13-26(37-2)25(17-23)32(40(34,35)24-12-14-27(38-3)28(18-24)39-4)20-29(33)30-19-21-7-9-22(10-8-21)31-15-5-6-16-31/h7-14,17-18H,5-6,15-16,19-20H2,1-4H3,(H,30,33). The van der Waals surface area contributed by atoms with Gasteiger partial charge in [-0.1, -0.05) is 12.1 Å². The van der Waals surface area contributed by atoms with E-state index in [4.69, 9.17) is 18.9 Å². The molecule has 0 aliphatic carbocycles. The number of nitrogens with zero attached hydrogens (tertiary/aromatic N) is 2. The van der Waals surface area contributed by atoms with Crippen LogP contribution in [0, 0.1) is 0 Å². The number of sulfonamides is 1. The molecule has 0 aromatic heterocycles. The highest BCUT2D eigenvalue weighted by atomic mass is 32.2. The van der Waals surface area contributed by atoms with Crippen molar-refractivity contribution in [2.24, 2.45) is 0 Å². The molecular weight excluding hydrogens is 534 g/mol. The normalized spacial score (nSPS) is 13.1. The number of carbonyl (C=O) groups is 1. The lowest BCUT2D eigenvalue weighted by Crippen LogP contribution is -2.41. The molecule has 214 valence electrons. The smallest absolute Gasteiger partial charge is 0.265 e. The highest BCUT2D eigenvalue weighted by molar-refractivity contribution is 7.92. The summed E-state index contributed by atoms with van der Waals surface area (Å²) in [5.41, 5.74) is 2.22. The Kier molecular flexibility index (Phi) is 9.26. The second-order valence-electron chi connectivity index (χ2n) is 9.20. The van der Waals surface area contributed by atoms with Crippen LogP contribution in [0.1, 0.15) is 18.4 Å². The fourth-order valence-corrected chi connectivity index (χ4v) is 6.02. The van der Waals surface area contributed by atoms with Crippen molar-refractivity contribution in [2.75, 3.05) is 57.3 Å². The molecule has 0 spiro atoms. The summed E-state index contributed by atoms with van der Waals surface area (Å²) in [7, 11) is 1.52. The van der Waals surface area contributed by atoms with Gasteiger partial charge in [-0.2, -0.15) is 0 Å². The van der Waals surface area contributed by atoms with E-state index in [2.05, 4.69) is 10.2 Å². The Morgan fingerprint density at radius 3 is 2.10 bits per heavy atom. The van der Waals surface area contributed by atoms with Crippen LogP contribution in [-0.2, 0) is 21.4 Å². The summed E-state index contributed by atoms with van der Waals surface area (Å²) in [6, 6.07) is 17.0. The van der Waals surface area contributed by atoms with Crippen molar-refractivity contribution in [3.05, 3.63) is 66.2 Å². The summed E-state index contributed by atoms with van der Waals surface area (Å²) < 4.78 is 50.3. The monoisotopic (exact) mass is 569 g/mol. The van der Waals surface area contributed by atoms with Crippen LogP contribution >= 0.6 is 0 Å². The zero-order valence-corrected chi connectivity index (χ0v) is 24.0. The third kappa shape index (κ3) is 6.36. The molecule has 0 radical (unpaired) electrons. The summed E-state index contributed by atoms with van der Waals surface area (Å²) in [6.45, 7) is 1.85. The van der Waals surface area contributed by atoms with Crippen LogP contribution in [0.15, 0.2) is 65.6 Å². The highest BCUT2D eigenvalue weighted by Crippen LogP contribution is 2.37. The molecule has 1 fully saturated rings. The molecule has 3 aromatic rings. The van der Waals surface area contributed by atoms with Crippen molar-refractivity contribution in [2.45, 2.75) is 24.3 Å². The van der Waals surface area contributed by atoms with Crippen LogP contribution in [0.25, 0.3) is 0 Å². The second kappa shape index (κ2) is 12.8. The van der Waals surface area contributed by atoms with Crippen LogP contribution < -0.4 is 33.5 Å². The van der Waals surface area contributed by atoms with Crippen molar-refractivity contribution in [3.63, 3.8) is 0 Å². The van der Waals surface area contributed by atoms with E-state index in [1.54, 1.807) is 12.1 Å². The van der Waals surface area contributed by atoms with Crippen LogP contribution in [0.5, 0.6) is 23.0 Å². The Hall–Kier alpha value is -4.12. The van der Waals surface area contributed by atoms with Gasteiger partial charge >= 0.3 is 0 Å². The van der Waals surface area contributed by atoms with Crippen molar-refractivity contribution in [1.82, 2.24) is 5.32 Å². The molecular formula is C29H35N3O7S. The van der Waals surface area contributed by atoms with Gasteiger partial charge in [0.2, 0.25) is 5.91 Å². The van der Waals surface area contributed by atoms with Crippen LogP contribution in [0.3, 0.4) is 0 Å². The number of hydrogen-bond donors (Lipinski definition) is 1. The summed E-state index contributed by atoms with van der Waals surface area (Å²) >= 11 is 0. The lowest BCUT2D eigenvalue weighted by Gasteiger charge is -2.26. The fourth-order valence-electron chi connectivity index (χ4n) is 4.58. The van der Waals surface area contributed by atoms with Crippen LogP contribution in [0.2, 0.25) is 0 Å². The molecule has 1 aliphatic rings. The Labute approximate surface area is 235 Å². The number of rotatable bonds is 12. The Bertz CT molecular complexity index is 1420. The maximum Gasteiger partial charge on any atom is 0.265 e. The second-order valence-corrected chi connectivity index (χ2v) is 11.1. The number of ether oxygens (including phenoxy) is 4. The zero-order chi connectivity index (χ0) is 28.7. The third-order valence-electron chi connectivity index (χ3n) is 6.78. The number of anilines is 2. The first-order valence-electron chi connectivity index (χ1n) is 12.9. The quantitative estimate of drug-likeness (QED) is 0.351. The van der Waals surface area contributed by atoms with Crippen molar-refractivity contribution in [3.8, 4) is 23.0 Å². The van der Waals surface area contributed by atoms with E-state index in [-0.39, 0.29) is 28.6 Å². The first kappa shape index (κ1) is 28.9. The molecule has 1 N–H and O–H groups in total. The number of amides is 1. The molecule has 11 heteroatoms. The van der Waals surface area contributed by atoms with Gasteiger partial charge in [0.1, 0.15) is 18.0 Å². The number of hydrogen-bond acceptors (Lipinski definition) is 8. The number of benzene rings is 3. The molecule has 0 saturated carbocycles. The molecule has 1 heterocycles. The SMILES string of the molecule is COc1ccc(OC)c(N(CC(=O)NCc2ccc(N3CCCC3)cc2)S(=O)(=O)c2ccc(OC)c(OC)c2)c1. The van der Waals surface area contributed by atoms with Gasteiger partial charge in [-0.05, 0) is 54.8 Å². The minimum Gasteiger partial charge on any atom is -0.497 e. The van der Waals surface area contributed by atoms with Gasteiger partial charge in [0.25, 0.3) is 10.0 Å². The maximum absolute atomic E-state index is 14.0. The Morgan fingerprint density at radius 1 is 0.825 bits per heavy atom. The number of carbonyl (C=O) groups excluding carboxylic acids is 1. The fraction of sp³-hybridized carbons (Fsp3) is 0.345. The van der Waals surface area contributed by atoms with Crippen molar-refractivity contribution < 1.29 is 32.2 Å². The molecule has 0 unspecified atom stereocenters.